The van der Waals surface area contributed by atoms with Crippen LogP contribution in [0.3, 0.4) is 0 Å². The highest BCUT2D eigenvalue weighted by Crippen LogP contribution is 2.29. The van der Waals surface area contributed by atoms with Gasteiger partial charge in [-0.2, -0.15) is 0 Å². The van der Waals surface area contributed by atoms with Gasteiger partial charge >= 0.3 is 0 Å². The number of aromatic nitrogens is 2. The van der Waals surface area contributed by atoms with Crippen molar-refractivity contribution in [3.63, 3.8) is 0 Å². The summed E-state index contributed by atoms with van der Waals surface area (Å²) in [6.45, 7) is 6.00. The van der Waals surface area contributed by atoms with E-state index in [4.69, 9.17) is 9.47 Å². The molecule has 6 nitrogen and oxygen atoms in total. The second-order valence-corrected chi connectivity index (χ2v) is 8.07. The molecule has 0 unspecified atom stereocenters. The van der Waals surface area contributed by atoms with Crippen molar-refractivity contribution < 1.29 is 14.3 Å². The summed E-state index contributed by atoms with van der Waals surface area (Å²) in [5.74, 6) is 1.48. The zero-order valence-corrected chi connectivity index (χ0v) is 19.2. The van der Waals surface area contributed by atoms with Crippen molar-refractivity contribution in [2.45, 2.75) is 39.7 Å². The van der Waals surface area contributed by atoms with E-state index in [1.54, 1.807) is 19.5 Å². The number of amides is 1. The zero-order chi connectivity index (χ0) is 22.1. The molecule has 2 aromatic heterocycles. The molecule has 0 aliphatic carbocycles. The van der Waals surface area contributed by atoms with E-state index in [9.17, 15) is 4.79 Å². The largest absolute Gasteiger partial charge is 0.493 e. The van der Waals surface area contributed by atoms with Crippen LogP contribution < -0.4 is 9.47 Å². The number of hydrogen-bond acceptors (Lipinski definition) is 6. The predicted molar refractivity (Wildman–Crippen MR) is 124 cm³/mol. The van der Waals surface area contributed by atoms with Crippen LogP contribution in [0.4, 0.5) is 0 Å². The van der Waals surface area contributed by atoms with Gasteiger partial charge in [0.25, 0.3) is 0 Å². The summed E-state index contributed by atoms with van der Waals surface area (Å²) >= 11 is 1.53. The number of thiazole rings is 1. The van der Waals surface area contributed by atoms with Gasteiger partial charge < -0.3 is 14.4 Å². The molecule has 3 aromatic rings. The average molecular weight is 440 g/mol. The quantitative estimate of drug-likeness (QED) is 0.421. The smallest absolute Gasteiger partial charge is 0.228 e. The lowest BCUT2D eigenvalue weighted by Crippen LogP contribution is -2.32. The third-order valence-electron chi connectivity index (χ3n) is 4.70. The molecule has 0 radical (unpaired) electrons. The Labute approximate surface area is 187 Å². The first-order chi connectivity index (χ1) is 15.1. The Morgan fingerprint density at radius 2 is 2.03 bits per heavy atom. The fourth-order valence-electron chi connectivity index (χ4n) is 3.20. The first-order valence-corrected chi connectivity index (χ1v) is 11.4. The summed E-state index contributed by atoms with van der Waals surface area (Å²) in [7, 11) is 1.63. The van der Waals surface area contributed by atoms with Gasteiger partial charge in [-0.05, 0) is 42.7 Å². The standard InChI is InChI=1S/C24H29N3O3S/c1-4-11-27(16-18-8-9-21(30-12-5-2)22(13-18)29-3)23(28)14-20-17-31-24(26-20)19-7-6-10-25-15-19/h6-10,13,15,17H,4-5,11-12,14,16H2,1-3H3. The number of carbonyl (C=O) groups is 1. The Morgan fingerprint density at radius 1 is 1.16 bits per heavy atom. The molecular weight excluding hydrogens is 410 g/mol. The molecule has 0 aliphatic heterocycles. The minimum Gasteiger partial charge on any atom is -0.493 e. The van der Waals surface area contributed by atoms with Gasteiger partial charge in [-0.15, -0.1) is 11.3 Å². The van der Waals surface area contributed by atoms with Gasteiger partial charge in [-0.25, -0.2) is 4.98 Å². The molecule has 0 saturated heterocycles. The van der Waals surface area contributed by atoms with Crippen LogP contribution in [-0.4, -0.2) is 41.0 Å². The molecule has 7 heteroatoms. The van der Waals surface area contributed by atoms with E-state index in [0.29, 0.717) is 25.4 Å². The van der Waals surface area contributed by atoms with Gasteiger partial charge in [0.05, 0.1) is 25.8 Å². The molecule has 0 spiro atoms. The summed E-state index contributed by atoms with van der Waals surface area (Å²) in [5.41, 5.74) is 2.77. The lowest BCUT2D eigenvalue weighted by Gasteiger charge is -2.22. The van der Waals surface area contributed by atoms with E-state index >= 15 is 0 Å². The van der Waals surface area contributed by atoms with E-state index < -0.39 is 0 Å². The van der Waals surface area contributed by atoms with Crippen molar-refractivity contribution in [1.82, 2.24) is 14.9 Å². The number of rotatable bonds is 11. The molecule has 0 aliphatic rings. The molecule has 0 bridgehead atoms. The van der Waals surface area contributed by atoms with Crippen molar-refractivity contribution in [2.75, 3.05) is 20.3 Å². The Hall–Kier alpha value is -2.93. The maximum absolute atomic E-state index is 13.0. The van der Waals surface area contributed by atoms with Gasteiger partial charge in [0.1, 0.15) is 5.01 Å². The molecule has 0 saturated carbocycles. The Morgan fingerprint density at radius 3 is 2.74 bits per heavy atom. The number of pyridine rings is 1. The number of ether oxygens (including phenoxy) is 2. The highest BCUT2D eigenvalue weighted by molar-refractivity contribution is 7.13. The topological polar surface area (TPSA) is 64.5 Å². The van der Waals surface area contributed by atoms with E-state index in [1.807, 2.05) is 40.6 Å². The van der Waals surface area contributed by atoms with Gasteiger partial charge in [0.2, 0.25) is 5.91 Å². The van der Waals surface area contributed by atoms with Crippen LogP contribution in [0.15, 0.2) is 48.1 Å². The second kappa shape index (κ2) is 11.5. The van der Waals surface area contributed by atoms with E-state index in [2.05, 4.69) is 23.8 Å². The zero-order valence-electron chi connectivity index (χ0n) is 18.3. The maximum atomic E-state index is 13.0. The van der Waals surface area contributed by atoms with Crippen molar-refractivity contribution in [3.05, 3.63) is 59.4 Å². The number of nitrogens with zero attached hydrogens (tertiary/aromatic N) is 3. The summed E-state index contributed by atoms with van der Waals surface area (Å²) in [6, 6.07) is 9.72. The van der Waals surface area contributed by atoms with Crippen LogP contribution in [-0.2, 0) is 17.8 Å². The van der Waals surface area contributed by atoms with Crippen molar-refractivity contribution in [3.8, 4) is 22.1 Å². The van der Waals surface area contributed by atoms with Gasteiger partial charge in [0, 0.05) is 36.4 Å². The molecule has 1 aromatic carbocycles. The van der Waals surface area contributed by atoms with Crippen LogP contribution in [0.2, 0.25) is 0 Å². The number of carbonyl (C=O) groups excluding carboxylic acids is 1. The lowest BCUT2D eigenvalue weighted by atomic mass is 10.1. The highest BCUT2D eigenvalue weighted by atomic mass is 32.1. The van der Waals surface area contributed by atoms with Crippen LogP contribution in [0.1, 0.15) is 37.9 Å². The van der Waals surface area contributed by atoms with E-state index in [1.165, 1.54) is 11.3 Å². The van der Waals surface area contributed by atoms with Crippen molar-refractivity contribution in [1.29, 1.82) is 0 Å². The first kappa shape index (κ1) is 22.7. The molecular formula is C24H29N3O3S. The van der Waals surface area contributed by atoms with Gasteiger partial charge in [-0.1, -0.05) is 19.9 Å². The van der Waals surface area contributed by atoms with Gasteiger partial charge in [0.15, 0.2) is 11.5 Å². The summed E-state index contributed by atoms with van der Waals surface area (Å²) < 4.78 is 11.2. The predicted octanol–water partition coefficient (Wildman–Crippen LogP) is 4.98. The Bertz CT molecular complexity index is 975. The minimum absolute atomic E-state index is 0.0650. The van der Waals surface area contributed by atoms with Crippen LogP contribution in [0.25, 0.3) is 10.6 Å². The van der Waals surface area contributed by atoms with Crippen LogP contribution >= 0.6 is 11.3 Å². The summed E-state index contributed by atoms with van der Waals surface area (Å²) in [5, 5.41) is 2.83. The molecule has 0 atom stereocenters. The third kappa shape index (κ3) is 6.28. The maximum Gasteiger partial charge on any atom is 0.228 e. The molecule has 164 valence electrons. The first-order valence-electron chi connectivity index (χ1n) is 10.6. The molecule has 2 heterocycles. The molecule has 0 fully saturated rings. The highest BCUT2D eigenvalue weighted by Gasteiger charge is 2.17. The summed E-state index contributed by atoms with van der Waals surface area (Å²) in [4.78, 5) is 23.7. The number of hydrogen-bond donors (Lipinski definition) is 0. The number of benzene rings is 1. The summed E-state index contributed by atoms with van der Waals surface area (Å²) in [6.07, 6.45) is 5.63. The fraction of sp³-hybridized carbons (Fsp3) is 0.375. The Kier molecular flexibility index (Phi) is 8.41. The van der Waals surface area contributed by atoms with E-state index in [-0.39, 0.29) is 12.3 Å². The minimum atomic E-state index is 0.0650. The van der Waals surface area contributed by atoms with Crippen LogP contribution in [0, 0.1) is 0 Å². The third-order valence-corrected chi connectivity index (χ3v) is 5.64. The second-order valence-electron chi connectivity index (χ2n) is 7.21. The van der Waals surface area contributed by atoms with Crippen LogP contribution in [0.5, 0.6) is 11.5 Å². The number of methoxy groups -OCH3 is 1. The fourth-order valence-corrected chi connectivity index (χ4v) is 4.01. The molecule has 31 heavy (non-hydrogen) atoms. The van der Waals surface area contributed by atoms with Crippen molar-refractivity contribution in [2.24, 2.45) is 0 Å². The SMILES string of the molecule is CCCOc1ccc(CN(CCC)C(=O)Cc2csc(-c3cccnc3)n2)cc1OC. The lowest BCUT2D eigenvalue weighted by molar-refractivity contribution is -0.131. The molecule has 0 N–H and O–H groups in total. The van der Waals surface area contributed by atoms with E-state index in [0.717, 1.165) is 40.4 Å². The molecule has 1 amide bonds. The normalized spacial score (nSPS) is 10.7. The Balaban J connectivity index is 1.69. The van der Waals surface area contributed by atoms with Crippen molar-refractivity contribution >= 4 is 17.2 Å². The average Bonchev–Trinajstić information content (AvgIpc) is 3.26. The molecule has 3 rings (SSSR count). The monoisotopic (exact) mass is 439 g/mol. The van der Waals surface area contributed by atoms with Gasteiger partial charge in [-0.3, -0.25) is 9.78 Å².